The lowest BCUT2D eigenvalue weighted by molar-refractivity contribution is 0.0888. The van der Waals surface area contributed by atoms with Gasteiger partial charge < -0.3 is 9.13 Å². The number of imidazole rings is 1. The van der Waals surface area contributed by atoms with E-state index in [4.69, 9.17) is 0 Å². The molecule has 1 saturated heterocycles. The maximum absolute atomic E-state index is 13.5. The third kappa shape index (κ3) is 4.76. The van der Waals surface area contributed by atoms with Crippen LogP contribution in [0, 0.1) is 25.2 Å². The van der Waals surface area contributed by atoms with Crippen LogP contribution in [0.3, 0.4) is 0 Å². The van der Waals surface area contributed by atoms with Crippen molar-refractivity contribution >= 4 is 11.9 Å². The van der Waals surface area contributed by atoms with Gasteiger partial charge in [0.2, 0.25) is 0 Å². The van der Waals surface area contributed by atoms with Crippen molar-refractivity contribution in [2.45, 2.75) is 65.6 Å². The minimum Gasteiger partial charge on any atom is -0.331 e. The Kier molecular flexibility index (Phi) is 7.14. The van der Waals surface area contributed by atoms with Crippen LogP contribution >= 0.6 is 0 Å². The molecule has 176 valence electrons. The monoisotopic (exact) mass is 455 g/mol. The molecule has 3 aromatic rings. The molecule has 1 aliphatic rings. The molecule has 0 bridgehead atoms. The third-order valence-corrected chi connectivity index (χ3v) is 7.10. The number of aryl methyl sites for hydroxylation is 1. The molecular formula is C28H33N5O. The highest BCUT2D eigenvalue weighted by Gasteiger charge is 2.31. The zero-order chi connectivity index (χ0) is 24.2. The summed E-state index contributed by atoms with van der Waals surface area (Å²) < 4.78 is 4.18. The van der Waals surface area contributed by atoms with Gasteiger partial charge in [0.1, 0.15) is 5.82 Å². The van der Waals surface area contributed by atoms with E-state index in [1.807, 2.05) is 50.4 Å². The van der Waals surface area contributed by atoms with Gasteiger partial charge in [0, 0.05) is 53.7 Å². The summed E-state index contributed by atoms with van der Waals surface area (Å²) in [6.45, 7) is 9.58. The van der Waals surface area contributed by atoms with Crippen LogP contribution in [-0.4, -0.2) is 43.4 Å². The van der Waals surface area contributed by atoms with Crippen LogP contribution in [0.15, 0.2) is 48.8 Å². The molecule has 0 saturated carbocycles. The summed E-state index contributed by atoms with van der Waals surface area (Å²) in [7, 11) is 0. The van der Waals surface area contributed by atoms with E-state index >= 15 is 0 Å². The smallest absolute Gasteiger partial charge is 0.178 e. The van der Waals surface area contributed by atoms with Crippen molar-refractivity contribution in [3.05, 3.63) is 77.1 Å². The van der Waals surface area contributed by atoms with Gasteiger partial charge in [0.25, 0.3) is 0 Å². The first kappa shape index (κ1) is 23.7. The molecule has 4 rings (SSSR count). The van der Waals surface area contributed by atoms with Crippen LogP contribution in [0.1, 0.15) is 66.2 Å². The molecule has 0 N–H and O–H groups in total. The van der Waals surface area contributed by atoms with Crippen LogP contribution in [-0.2, 0) is 6.54 Å². The van der Waals surface area contributed by atoms with Crippen molar-refractivity contribution in [3.8, 4) is 11.8 Å². The Morgan fingerprint density at radius 2 is 2.00 bits per heavy atom. The maximum atomic E-state index is 13.5. The second-order valence-corrected chi connectivity index (χ2v) is 9.18. The molecule has 0 radical (unpaired) electrons. The zero-order valence-electron chi connectivity index (χ0n) is 20.5. The number of carbonyl (C=O) groups is 1. The van der Waals surface area contributed by atoms with Gasteiger partial charge in [-0.25, -0.2) is 4.98 Å². The number of nitrogens with zero attached hydrogens (tertiary/aromatic N) is 5. The number of nitriles is 1. The minimum atomic E-state index is 0.164. The maximum Gasteiger partial charge on any atom is 0.178 e. The molecule has 6 heteroatoms. The van der Waals surface area contributed by atoms with Crippen molar-refractivity contribution in [2.24, 2.45) is 0 Å². The van der Waals surface area contributed by atoms with Crippen molar-refractivity contribution in [3.63, 3.8) is 0 Å². The average Bonchev–Trinajstić information content (AvgIpc) is 3.51. The van der Waals surface area contributed by atoms with Crippen LogP contribution in [0.4, 0.5) is 0 Å². The molecule has 2 aromatic heterocycles. The van der Waals surface area contributed by atoms with Gasteiger partial charge in [0.15, 0.2) is 5.78 Å². The van der Waals surface area contributed by atoms with Gasteiger partial charge in [-0.1, -0.05) is 13.0 Å². The largest absolute Gasteiger partial charge is 0.331 e. The highest BCUT2D eigenvalue weighted by molar-refractivity contribution is 5.99. The summed E-state index contributed by atoms with van der Waals surface area (Å²) in [4.78, 5) is 20.2. The van der Waals surface area contributed by atoms with E-state index in [-0.39, 0.29) is 5.78 Å². The molecule has 1 aromatic carbocycles. The summed E-state index contributed by atoms with van der Waals surface area (Å²) in [6, 6.07) is 12.6. The van der Waals surface area contributed by atoms with Gasteiger partial charge >= 0.3 is 0 Å². The molecule has 1 fully saturated rings. The summed E-state index contributed by atoms with van der Waals surface area (Å²) in [6.07, 6.45) is 11.3. The number of likely N-dealkylation sites (tertiary alicyclic amines) is 1. The fourth-order valence-corrected chi connectivity index (χ4v) is 5.05. The molecule has 3 heterocycles. The molecule has 2 atom stereocenters. The van der Waals surface area contributed by atoms with E-state index in [1.54, 1.807) is 6.20 Å². The number of rotatable bonds is 8. The van der Waals surface area contributed by atoms with Crippen LogP contribution in [0.5, 0.6) is 0 Å². The summed E-state index contributed by atoms with van der Waals surface area (Å²) in [5.74, 6) is 1.13. The number of benzene rings is 1. The Bertz CT molecular complexity index is 1220. The van der Waals surface area contributed by atoms with E-state index in [0.717, 1.165) is 47.7 Å². The second-order valence-electron chi connectivity index (χ2n) is 9.18. The highest BCUT2D eigenvalue weighted by Crippen LogP contribution is 2.28. The first-order valence-corrected chi connectivity index (χ1v) is 12.1. The highest BCUT2D eigenvalue weighted by atomic mass is 16.1. The van der Waals surface area contributed by atoms with Crippen LogP contribution < -0.4 is 0 Å². The van der Waals surface area contributed by atoms with Crippen LogP contribution in [0.2, 0.25) is 0 Å². The fourth-order valence-electron chi connectivity index (χ4n) is 5.05. The number of ketones is 1. The van der Waals surface area contributed by atoms with Crippen molar-refractivity contribution in [1.82, 2.24) is 19.0 Å². The number of hydrogen-bond donors (Lipinski definition) is 0. The van der Waals surface area contributed by atoms with E-state index in [2.05, 4.69) is 51.1 Å². The number of carbonyl (C=O) groups excluding carboxylic acids is 1. The Balaban J connectivity index is 1.67. The van der Waals surface area contributed by atoms with Crippen molar-refractivity contribution in [2.75, 3.05) is 6.54 Å². The normalized spacial score (nSPS) is 18.6. The lowest BCUT2D eigenvalue weighted by atomic mass is 10.1. The SMILES string of the molecule is CCC1CCC(C)N1CC(=O)c1cc(/C=C/Cn2ccnc2C)n(-c2ccc(C#N)cc2)c1C. The van der Waals surface area contributed by atoms with Gasteiger partial charge in [-0.3, -0.25) is 9.69 Å². The standard InChI is InChI=1S/C28H33N5O/c1-5-24-11-8-20(2)32(24)19-28(34)27-17-26(7-6-15-31-16-14-30-22(31)4)33(21(27)3)25-12-9-23(18-29)10-13-25/h6-7,9-10,12-14,16-17,20,24H,5,8,11,15,19H2,1-4H3/b7-6+. The van der Waals surface area contributed by atoms with Gasteiger partial charge in [-0.2, -0.15) is 5.26 Å². The predicted octanol–water partition coefficient (Wildman–Crippen LogP) is 5.32. The Morgan fingerprint density at radius 1 is 1.24 bits per heavy atom. The Labute approximate surface area is 202 Å². The van der Waals surface area contributed by atoms with Gasteiger partial charge in [-0.05, 0) is 76.4 Å². The third-order valence-electron chi connectivity index (χ3n) is 7.10. The Hall–Kier alpha value is -3.43. The van der Waals surface area contributed by atoms with E-state index < -0.39 is 0 Å². The van der Waals surface area contributed by atoms with E-state index in [1.165, 1.54) is 0 Å². The molecule has 0 aliphatic carbocycles. The number of hydrogen-bond acceptors (Lipinski definition) is 4. The van der Waals surface area contributed by atoms with Gasteiger partial charge in [0.05, 0.1) is 18.2 Å². The fraction of sp³-hybridized carbons (Fsp3) is 0.393. The number of aromatic nitrogens is 3. The predicted molar refractivity (Wildman–Crippen MR) is 135 cm³/mol. The summed E-state index contributed by atoms with van der Waals surface area (Å²) >= 11 is 0. The minimum absolute atomic E-state index is 0.164. The number of Topliss-reactive ketones (excluding diaryl/α,β-unsaturated/α-hetero) is 1. The molecule has 34 heavy (non-hydrogen) atoms. The van der Waals surface area contributed by atoms with Crippen molar-refractivity contribution < 1.29 is 4.79 Å². The second kappa shape index (κ2) is 10.2. The molecule has 0 spiro atoms. The lowest BCUT2D eigenvalue weighted by Crippen LogP contribution is -2.38. The first-order chi connectivity index (χ1) is 16.4. The van der Waals surface area contributed by atoms with E-state index in [0.29, 0.717) is 30.7 Å². The quantitative estimate of drug-likeness (QED) is 0.431. The topological polar surface area (TPSA) is 66.8 Å². The summed E-state index contributed by atoms with van der Waals surface area (Å²) in [5, 5.41) is 9.19. The molecule has 1 aliphatic heterocycles. The number of allylic oxidation sites excluding steroid dienone is 1. The Morgan fingerprint density at radius 3 is 2.65 bits per heavy atom. The molecule has 0 amide bonds. The molecule has 6 nitrogen and oxygen atoms in total. The van der Waals surface area contributed by atoms with Crippen molar-refractivity contribution in [1.29, 1.82) is 5.26 Å². The lowest BCUT2D eigenvalue weighted by Gasteiger charge is -2.26. The molecule has 2 unspecified atom stereocenters. The zero-order valence-corrected chi connectivity index (χ0v) is 20.5. The molecular weight excluding hydrogens is 422 g/mol. The van der Waals surface area contributed by atoms with E-state index in [9.17, 15) is 10.1 Å². The van der Waals surface area contributed by atoms with Crippen LogP contribution in [0.25, 0.3) is 11.8 Å². The average molecular weight is 456 g/mol. The first-order valence-electron chi connectivity index (χ1n) is 12.1. The van der Waals surface area contributed by atoms with Gasteiger partial charge in [-0.15, -0.1) is 0 Å². The summed E-state index contributed by atoms with van der Waals surface area (Å²) in [5.41, 5.74) is 4.19.